The maximum atomic E-state index is 6.15. The van der Waals surface area contributed by atoms with Gasteiger partial charge in [0.2, 0.25) is 0 Å². The van der Waals surface area contributed by atoms with Crippen molar-refractivity contribution in [3.63, 3.8) is 0 Å². The summed E-state index contributed by atoms with van der Waals surface area (Å²) in [6.07, 6.45) is 0.766. The van der Waals surface area contributed by atoms with Gasteiger partial charge in [0.05, 0.1) is 10.7 Å². The lowest BCUT2D eigenvalue weighted by atomic mass is 10.3. The van der Waals surface area contributed by atoms with Gasteiger partial charge in [-0.3, -0.25) is 0 Å². The van der Waals surface area contributed by atoms with Gasteiger partial charge in [0.15, 0.2) is 0 Å². The van der Waals surface area contributed by atoms with Crippen LogP contribution in [0, 0.1) is 0 Å². The van der Waals surface area contributed by atoms with Gasteiger partial charge in [-0.15, -0.1) is 0 Å². The van der Waals surface area contributed by atoms with E-state index in [0.29, 0.717) is 15.9 Å². The lowest BCUT2D eigenvalue weighted by Crippen LogP contribution is -2.05. The van der Waals surface area contributed by atoms with Gasteiger partial charge in [-0.1, -0.05) is 30.1 Å². The summed E-state index contributed by atoms with van der Waals surface area (Å²) >= 11 is 12.0. The van der Waals surface area contributed by atoms with Crippen molar-refractivity contribution in [1.82, 2.24) is 9.97 Å². The van der Waals surface area contributed by atoms with E-state index in [0.717, 1.165) is 30.3 Å². The van der Waals surface area contributed by atoms with Crippen LogP contribution in [-0.4, -0.2) is 16.5 Å². The second-order valence-corrected chi connectivity index (χ2v) is 5.03. The molecular formula is C14H16Cl2N4. The zero-order valence-corrected chi connectivity index (χ0v) is 12.9. The van der Waals surface area contributed by atoms with Gasteiger partial charge in [-0.25, -0.2) is 9.97 Å². The molecule has 2 aromatic rings. The summed E-state index contributed by atoms with van der Waals surface area (Å²) in [4.78, 5) is 8.84. The second kappa shape index (κ2) is 6.77. The van der Waals surface area contributed by atoms with E-state index in [9.17, 15) is 0 Å². The van der Waals surface area contributed by atoms with Crippen molar-refractivity contribution in [3.8, 4) is 0 Å². The standard InChI is InChI=1S/C14H16Cl2N4/c1-3-12-19-13(17-4-2)8-14(20-12)18-11-6-5-9(15)7-10(11)16/h5-8H,3-4H2,1-2H3,(H2,17,18,19,20). The summed E-state index contributed by atoms with van der Waals surface area (Å²) < 4.78 is 0. The number of hydrogen-bond acceptors (Lipinski definition) is 4. The minimum Gasteiger partial charge on any atom is -0.370 e. The molecule has 6 heteroatoms. The van der Waals surface area contributed by atoms with Gasteiger partial charge in [-0.2, -0.15) is 0 Å². The van der Waals surface area contributed by atoms with Crippen molar-refractivity contribution in [2.75, 3.05) is 17.2 Å². The molecule has 0 bridgehead atoms. The first-order valence-corrected chi connectivity index (χ1v) is 7.22. The van der Waals surface area contributed by atoms with Gasteiger partial charge in [-0.05, 0) is 25.1 Å². The summed E-state index contributed by atoms with van der Waals surface area (Å²) in [6.45, 7) is 4.85. The van der Waals surface area contributed by atoms with Gasteiger partial charge < -0.3 is 10.6 Å². The number of halogens is 2. The van der Waals surface area contributed by atoms with E-state index >= 15 is 0 Å². The monoisotopic (exact) mass is 310 g/mol. The van der Waals surface area contributed by atoms with E-state index in [1.54, 1.807) is 12.1 Å². The highest BCUT2D eigenvalue weighted by Gasteiger charge is 2.06. The highest BCUT2D eigenvalue weighted by Crippen LogP contribution is 2.28. The normalized spacial score (nSPS) is 10.4. The van der Waals surface area contributed by atoms with Crippen LogP contribution >= 0.6 is 23.2 Å². The predicted molar refractivity (Wildman–Crippen MR) is 85.3 cm³/mol. The van der Waals surface area contributed by atoms with Crippen molar-refractivity contribution in [2.24, 2.45) is 0 Å². The Morgan fingerprint density at radius 2 is 1.80 bits per heavy atom. The Morgan fingerprint density at radius 3 is 2.45 bits per heavy atom. The molecule has 106 valence electrons. The summed E-state index contributed by atoms with van der Waals surface area (Å²) in [5.41, 5.74) is 0.763. The molecule has 0 unspecified atom stereocenters. The highest BCUT2D eigenvalue weighted by molar-refractivity contribution is 6.36. The molecule has 1 aromatic heterocycles. The zero-order valence-electron chi connectivity index (χ0n) is 11.4. The lowest BCUT2D eigenvalue weighted by molar-refractivity contribution is 0.939. The molecule has 2 rings (SSSR count). The van der Waals surface area contributed by atoms with Gasteiger partial charge in [0.25, 0.3) is 0 Å². The van der Waals surface area contributed by atoms with E-state index in [4.69, 9.17) is 23.2 Å². The fourth-order valence-electron chi connectivity index (χ4n) is 1.72. The Balaban J connectivity index is 2.29. The molecule has 0 amide bonds. The number of aryl methyl sites for hydroxylation is 1. The second-order valence-electron chi connectivity index (χ2n) is 4.19. The van der Waals surface area contributed by atoms with Gasteiger partial charge in [0.1, 0.15) is 17.5 Å². The maximum absolute atomic E-state index is 6.15. The maximum Gasteiger partial charge on any atom is 0.136 e. The number of nitrogens with zero attached hydrogens (tertiary/aromatic N) is 2. The average Bonchev–Trinajstić information content (AvgIpc) is 2.42. The molecule has 20 heavy (non-hydrogen) atoms. The fraction of sp³-hybridized carbons (Fsp3) is 0.286. The Morgan fingerprint density at radius 1 is 1.05 bits per heavy atom. The Bertz CT molecular complexity index is 602. The predicted octanol–water partition coefficient (Wildman–Crippen LogP) is 4.52. The molecule has 0 fully saturated rings. The van der Waals surface area contributed by atoms with Crippen molar-refractivity contribution in [3.05, 3.63) is 40.1 Å². The lowest BCUT2D eigenvalue weighted by Gasteiger charge is -2.11. The average molecular weight is 311 g/mol. The van der Waals surface area contributed by atoms with Gasteiger partial charge in [0, 0.05) is 24.1 Å². The van der Waals surface area contributed by atoms with E-state index in [1.807, 2.05) is 26.0 Å². The van der Waals surface area contributed by atoms with E-state index in [2.05, 4.69) is 20.6 Å². The van der Waals surface area contributed by atoms with Crippen LogP contribution in [0.2, 0.25) is 10.0 Å². The van der Waals surface area contributed by atoms with Gasteiger partial charge >= 0.3 is 0 Å². The van der Waals surface area contributed by atoms with Crippen molar-refractivity contribution >= 4 is 40.5 Å². The Hall–Kier alpha value is -1.52. The first-order chi connectivity index (χ1) is 9.62. The van der Waals surface area contributed by atoms with Crippen molar-refractivity contribution < 1.29 is 0 Å². The van der Waals surface area contributed by atoms with Crippen LogP contribution in [0.15, 0.2) is 24.3 Å². The molecule has 0 aliphatic carbocycles. The van der Waals surface area contributed by atoms with Crippen LogP contribution in [0.4, 0.5) is 17.3 Å². The van der Waals surface area contributed by atoms with Crippen molar-refractivity contribution in [1.29, 1.82) is 0 Å². The summed E-state index contributed by atoms with van der Waals surface area (Å²) in [6, 6.07) is 7.15. The third kappa shape index (κ3) is 3.74. The molecule has 0 aliphatic heterocycles. The van der Waals surface area contributed by atoms with E-state index in [1.165, 1.54) is 0 Å². The molecule has 1 heterocycles. The van der Waals surface area contributed by atoms with Crippen LogP contribution < -0.4 is 10.6 Å². The fourth-order valence-corrected chi connectivity index (χ4v) is 2.18. The van der Waals surface area contributed by atoms with E-state index < -0.39 is 0 Å². The molecule has 0 saturated carbocycles. The number of nitrogens with one attached hydrogen (secondary N) is 2. The minimum atomic E-state index is 0.555. The van der Waals surface area contributed by atoms with Crippen molar-refractivity contribution in [2.45, 2.75) is 20.3 Å². The van der Waals surface area contributed by atoms with Crippen LogP contribution in [0.5, 0.6) is 0 Å². The van der Waals surface area contributed by atoms with Crippen LogP contribution in [0.1, 0.15) is 19.7 Å². The van der Waals surface area contributed by atoms with E-state index in [-0.39, 0.29) is 0 Å². The zero-order chi connectivity index (χ0) is 14.5. The number of rotatable bonds is 5. The van der Waals surface area contributed by atoms with Crippen LogP contribution in [-0.2, 0) is 6.42 Å². The summed E-state index contributed by atoms with van der Waals surface area (Å²) in [7, 11) is 0. The first-order valence-electron chi connectivity index (χ1n) is 6.46. The van der Waals surface area contributed by atoms with Crippen LogP contribution in [0.25, 0.3) is 0 Å². The molecule has 0 radical (unpaired) electrons. The molecule has 4 nitrogen and oxygen atoms in total. The smallest absolute Gasteiger partial charge is 0.136 e. The largest absolute Gasteiger partial charge is 0.370 e. The SMILES string of the molecule is CCNc1cc(Nc2ccc(Cl)cc2Cl)nc(CC)n1. The molecule has 2 N–H and O–H groups in total. The molecular weight excluding hydrogens is 295 g/mol. The molecule has 0 saturated heterocycles. The van der Waals surface area contributed by atoms with Crippen LogP contribution in [0.3, 0.4) is 0 Å². The molecule has 0 spiro atoms. The molecule has 0 atom stereocenters. The molecule has 1 aromatic carbocycles. The first kappa shape index (κ1) is 14.9. The third-order valence-electron chi connectivity index (χ3n) is 2.64. The summed E-state index contributed by atoms with van der Waals surface area (Å²) in [5, 5.41) is 7.54. The highest BCUT2D eigenvalue weighted by atomic mass is 35.5. The summed E-state index contributed by atoms with van der Waals surface area (Å²) in [5.74, 6) is 2.28. The number of anilines is 3. The number of benzene rings is 1. The third-order valence-corrected chi connectivity index (χ3v) is 3.19. The minimum absolute atomic E-state index is 0.555. The quantitative estimate of drug-likeness (QED) is 0.852. The number of aromatic nitrogens is 2. The molecule has 0 aliphatic rings. The Labute approximate surface area is 128 Å². The number of hydrogen-bond donors (Lipinski definition) is 2. The topological polar surface area (TPSA) is 49.8 Å². The Kier molecular flexibility index (Phi) is 5.04.